The van der Waals surface area contributed by atoms with Crippen LogP contribution < -0.4 is 14.2 Å². The van der Waals surface area contributed by atoms with Crippen LogP contribution in [0.4, 0.5) is 13.2 Å². The summed E-state index contributed by atoms with van der Waals surface area (Å²) in [5.74, 6) is 0.280. The van der Waals surface area contributed by atoms with Gasteiger partial charge in [-0.15, -0.1) is 13.2 Å². The molecular weight excluding hydrogens is 587 g/mol. The molecule has 7 nitrogen and oxygen atoms in total. The predicted molar refractivity (Wildman–Crippen MR) is 160 cm³/mol. The summed E-state index contributed by atoms with van der Waals surface area (Å²) in [6, 6.07) is 20.4. The minimum absolute atomic E-state index is 0.00365. The van der Waals surface area contributed by atoms with Gasteiger partial charge in [0.15, 0.2) is 0 Å². The average Bonchev–Trinajstić information content (AvgIpc) is 3.39. The smallest absolute Gasteiger partial charge is 0.493 e. The molecule has 0 radical (unpaired) electrons. The van der Waals surface area contributed by atoms with Gasteiger partial charge in [0.2, 0.25) is 11.5 Å². The molecule has 0 fully saturated rings. The van der Waals surface area contributed by atoms with E-state index < -0.39 is 23.7 Å². The van der Waals surface area contributed by atoms with Crippen molar-refractivity contribution in [2.75, 3.05) is 6.61 Å². The number of carbonyl (C=O) groups is 1. The first-order chi connectivity index (χ1) is 21.6. The first-order valence-electron chi connectivity index (χ1n) is 14.5. The molecule has 10 heteroatoms. The minimum atomic E-state index is -4.83. The molecule has 0 aliphatic heterocycles. The van der Waals surface area contributed by atoms with Crippen molar-refractivity contribution in [3.8, 4) is 17.2 Å². The van der Waals surface area contributed by atoms with Crippen molar-refractivity contribution in [1.82, 2.24) is 4.98 Å². The standard InChI is InChI=1S/C35H30F3NO6/c1-22-30(39-32(43-22)26-9-5-8-25(19-26)24-6-3-2-4-7-24)16-17-42-31-15-10-23-18-27(31)21-34(20-23,33(40)41)44-28-11-13-29(14-12-28)45-35(36,37)38/h2-4,6-7,9-15,18-19H,5,8,16-17,20-21H2,1H3,(H,40,41). The number of alkyl halides is 3. The van der Waals surface area contributed by atoms with E-state index in [-0.39, 0.29) is 25.2 Å². The van der Waals surface area contributed by atoms with Gasteiger partial charge >= 0.3 is 12.3 Å². The quantitative estimate of drug-likeness (QED) is 0.194. The molecule has 0 amide bonds. The van der Waals surface area contributed by atoms with Gasteiger partial charge in [-0.3, -0.25) is 0 Å². The molecular formula is C35H30F3NO6. The van der Waals surface area contributed by atoms with E-state index in [0.717, 1.165) is 41.8 Å². The number of allylic oxidation sites excluding steroid dienone is 4. The fourth-order valence-electron chi connectivity index (χ4n) is 5.70. The van der Waals surface area contributed by atoms with Gasteiger partial charge in [-0.25, -0.2) is 9.78 Å². The fourth-order valence-corrected chi connectivity index (χ4v) is 5.70. The van der Waals surface area contributed by atoms with Crippen molar-refractivity contribution in [1.29, 1.82) is 0 Å². The number of halogens is 3. The minimum Gasteiger partial charge on any atom is -0.493 e. The lowest BCUT2D eigenvalue weighted by molar-refractivity contribution is -0.274. The fraction of sp³-hybridized carbons (Fsp3) is 0.257. The number of rotatable bonds is 10. The zero-order chi connectivity index (χ0) is 31.6. The molecule has 6 rings (SSSR count). The van der Waals surface area contributed by atoms with E-state index in [4.69, 9.17) is 18.9 Å². The Morgan fingerprint density at radius 2 is 1.78 bits per heavy atom. The summed E-state index contributed by atoms with van der Waals surface area (Å²) in [5.41, 5.74) is 3.87. The molecule has 3 aromatic carbocycles. The molecule has 1 heterocycles. The Morgan fingerprint density at radius 3 is 2.51 bits per heavy atom. The van der Waals surface area contributed by atoms with E-state index in [0.29, 0.717) is 29.4 Å². The Kier molecular flexibility index (Phi) is 8.14. The van der Waals surface area contributed by atoms with Gasteiger partial charge in [-0.1, -0.05) is 48.5 Å². The highest BCUT2D eigenvalue weighted by atomic mass is 19.4. The van der Waals surface area contributed by atoms with E-state index in [1.54, 1.807) is 6.07 Å². The topological polar surface area (TPSA) is 91.0 Å². The molecule has 0 spiro atoms. The van der Waals surface area contributed by atoms with Gasteiger partial charge in [-0.05, 0) is 78.4 Å². The van der Waals surface area contributed by atoms with Crippen molar-refractivity contribution in [3.05, 3.63) is 119 Å². The molecule has 4 aromatic rings. The van der Waals surface area contributed by atoms with Crippen LogP contribution in [0.5, 0.6) is 17.2 Å². The predicted octanol–water partition coefficient (Wildman–Crippen LogP) is 7.76. The van der Waals surface area contributed by atoms with Crippen molar-refractivity contribution in [3.63, 3.8) is 0 Å². The number of aryl methyl sites for hydroxylation is 1. The molecule has 0 saturated heterocycles. The lowest BCUT2D eigenvalue weighted by atomic mass is 9.81. The maximum absolute atomic E-state index is 12.5. The first kappa shape index (κ1) is 30.1. The van der Waals surface area contributed by atoms with Crippen LogP contribution in [0.3, 0.4) is 0 Å². The number of hydrogen-bond acceptors (Lipinski definition) is 6. The van der Waals surface area contributed by atoms with Gasteiger partial charge in [0.25, 0.3) is 0 Å². The largest absolute Gasteiger partial charge is 0.573 e. The molecule has 0 saturated carbocycles. The van der Waals surface area contributed by atoms with Crippen LogP contribution in [0.1, 0.15) is 46.9 Å². The van der Waals surface area contributed by atoms with Gasteiger partial charge in [0.05, 0.1) is 12.3 Å². The Morgan fingerprint density at radius 1 is 1.02 bits per heavy atom. The second-order valence-corrected chi connectivity index (χ2v) is 11.1. The molecule has 1 N–H and O–H groups in total. The number of aromatic nitrogens is 1. The molecule has 45 heavy (non-hydrogen) atoms. The average molecular weight is 618 g/mol. The maximum atomic E-state index is 12.5. The molecule has 2 aliphatic carbocycles. The molecule has 2 aliphatic rings. The third kappa shape index (κ3) is 6.90. The van der Waals surface area contributed by atoms with Crippen LogP contribution >= 0.6 is 0 Å². The van der Waals surface area contributed by atoms with Crippen LogP contribution in [0.2, 0.25) is 0 Å². The van der Waals surface area contributed by atoms with Crippen molar-refractivity contribution in [2.24, 2.45) is 0 Å². The van der Waals surface area contributed by atoms with Crippen LogP contribution in [0.15, 0.2) is 89.4 Å². The highest BCUT2D eigenvalue weighted by Crippen LogP contribution is 2.37. The monoisotopic (exact) mass is 617 g/mol. The van der Waals surface area contributed by atoms with Gasteiger partial charge in [-0.2, -0.15) is 0 Å². The zero-order valence-corrected chi connectivity index (χ0v) is 24.4. The molecule has 1 aromatic heterocycles. The summed E-state index contributed by atoms with van der Waals surface area (Å²) in [4.78, 5) is 17.3. The van der Waals surface area contributed by atoms with E-state index >= 15 is 0 Å². The number of nitrogens with zero attached hydrogens (tertiary/aromatic N) is 1. The second-order valence-electron chi connectivity index (χ2n) is 11.1. The van der Waals surface area contributed by atoms with E-state index in [1.807, 2.05) is 37.3 Å². The Bertz CT molecular complexity index is 1760. The van der Waals surface area contributed by atoms with Crippen LogP contribution in [-0.4, -0.2) is 34.6 Å². The van der Waals surface area contributed by atoms with Gasteiger partial charge < -0.3 is 23.7 Å². The van der Waals surface area contributed by atoms with Crippen LogP contribution in [0.25, 0.3) is 11.1 Å². The third-order valence-corrected chi connectivity index (χ3v) is 7.84. The SMILES string of the molecule is Cc1oc(C2=CCCC(c3ccccc3)=C2)nc1CCOc1ccc2cc1CC(Oc1ccc(OC(F)(F)F)cc1)(C(=O)O)C2. The number of carboxylic acids is 1. The first-order valence-corrected chi connectivity index (χ1v) is 14.5. The maximum Gasteiger partial charge on any atom is 0.573 e. The number of fused-ring (bicyclic) bond motifs is 2. The zero-order valence-electron chi connectivity index (χ0n) is 24.4. The van der Waals surface area contributed by atoms with Crippen molar-refractivity contribution >= 4 is 17.1 Å². The molecule has 1 atom stereocenters. The lowest BCUT2D eigenvalue weighted by Crippen LogP contribution is -2.50. The Labute approximate surface area is 257 Å². The number of benzene rings is 3. The number of ether oxygens (including phenoxy) is 3. The van der Waals surface area contributed by atoms with Crippen molar-refractivity contribution in [2.45, 2.75) is 51.0 Å². The van der Waals surface area contributed by atoms with Crippen molar-refractivity contribution < 1.29 is 41.7 Å². The number of carboxylic acid groups (broad SMARTS) is 1. The normalized spacial score (nSPS) is 17.7. The van der Waals surface area contributed by atoms with Gasteiger partial charge in [0, 0.05) is 24.8 Å². The second kappa shape index (κ2) is 12.2. The number of oxazole rings is 1. The summed E-state index contributed by atoms with van der Waals surface area (Å²) in [6.07, 6.45) is 1.83. The summed E-state index contributed by atoms with van der Waals surface area (Å²) in [5, 5.41) is 10.2. The lowest BCUT2D eigenvalue weighted by Gasteiger charge is -2.34. The van der Waals surface area contributed by atoms with E-state index in [1.165, 1.54) is 23.3 Å². The number of hydrogen-bond donors (Lipinski definition) is 1. The third-order valence-electron chi connectivity index (χ3n) is 7.84. The molecule has 1 unspecified atom stereocenters. The summed E-state index contributed by atoms with van der Waals surface area (Å²) < 4.78 is 59.5. The number of aliphatic carboxylic acids is 1. The van der Waals surface area contributed by atoms with E-state index in [9.17, 15) is 23.1 Å². The summed E-state index contributed by atoms with van der Waals surface area (Å²) in [7, 11) is 0. The molecule has 2 bridgehead atoms. The Balaban J connectivity index is 1.12. The highest BCUT2D eigenvalue weighted by molar-refractivity contribution is 5.83. The Hall–Kier alpha value is -4.99. The summed E-state index contributed by atoms with van der Waals surface area (Å²) in [6.45, 7) is 2.15. The molecule has 232 valence electrons. The van der Waals surface area contributed by atoms with Crippen LogP contribution in [-0.2, 0) is 24.1 Å². The highest BCUT2D eigenvalue weighted by Gasteiger charge is 2.45. The van der Waals surface area contributed by atoms with Gasteiger partial charge in [0.1, 0.15) is 23.0 Å². The van der Waals surface area contributed by atoms with Crippen LogP contribution in [0, 0.1) is 6.92 Å². The van der Waals surface area contributed by atoms with E-state index in [2.05, 4.69) is 29.0 Å². The summed E-state index contributed by atoms with van der Waals surface area (Å²) >= 11 is 0.